The lowest BCUT2D eigenvalue weighted by Crippen LogP contribution is -2.15. The van der Waals surface area contributed by atoms with Crippen LogP contribution < -0.4 is 10.1 Å². The largest absolute Gasteiger partial charge is 0.481 e. The van der Waals surface area contributed by atoms with Crippen molar-refractivity contribution in [2.45, 2.75) is 6.92 Å². The van der Waals surface area contributed by atoms with Crippen molar-refractivity contribution in [1.82, 2.24) is 9.97 Å². The fourth-order valence-electron chi connectivity index (χ4n) is 1.55. The number of carbonyl (C=O) groups is 1. The fraction of sp³-hybridized carbons (Fsp3) is 0.154. The van der Waals surface area contributed by atoms with Crippen LogP contribution in [0, 0.1) is 6.92 Å². The number of carbonyl (C=O) groups excluding carboxylic acids is 1. The van der Waals surface area contributed by atoms with E-state index in [0.717, 1.165) is 5.56 Å². The van der Waals surface area contributed by atoms with E-state index in [1.165, 1.54) is 13.2 Å². The fourth-order valence-corrected chi connectivity index (χ4v) is 1.73. The molecule has 98 valence electrons. The van der Waals surface area contributed by atoms with Crippen LogP contribution in [0.4, 0.5) is 5.95 Å². The summed E-state index contributed by atoms with van der Waals surface area (Å²) in [7, 11) is 1.46. The van der Waals surface area contributed by atoms with E-state index in [-0.39, 0.29) is 17.0 Å². The number of aromatic nitrogens is 2. The maximum absolute atomic E-state index is 12.1. The van der Waals surface area contributed by atoms with E-state index in [1.807, 2.05) is 19.1 Å². The van der Waals surface area contributed by atoms with Crippen molar-refractivity contribution < 1.29 is 9.53 Å². The second-order valence-electron chi connectivity index (χ2n) is 3.83. The number of anilines is 1. The Morgan fingerprint density at radius 3 is 2.74 bits per heavy atom. The van der Waals surface area contributed by atoms with Crippen LogP contribution in [-0.2, 0) is 0 Å². The van der Waals surface area contributed by atoms with Gasteiger partial charge < -0.3 is 4.74 Å². The van der Waals surface area contributed by atoms with Crippen LogP contribution >= 0.6 is 11.6 Å². The molecule has 0 radical (unpaired) electrons. The summed E-state index contributed by atoms with van der Waals surface area (Å²) >= 11 is 5.81. The number of aryl methyl sites for hydroxylation is 1. The standard InChI is InChI=1S/C13H12ClN3O2/c1-8-5-3-4-6-9(8)12(18)17-13-15-10(14)7-11(16-13)19-2/h3-7H,1-2H3,(H,15,16,17,18). The Morgan fingerprint density at radius 2 is 2.05 bits per heavy atom. The van der Waals surface area contributed by atoms with Crippen LogP contribution in [0.1, 0.15) is 15.9 Å². The lowest BCUT2D eigenvalue weighted by molar-refractivity contribution is 0.102. The molecular weight excluding hydrogens is 266 g/mol. The first-order valence-corrected chi connectivity index (χ1v) is 5.93. The minimum absolute atomic E-state index is 0.109. The summed E-state index contributed by atoms with van der Waals surface area (Å²) < 4.78 is 4.96. The van der Waals surface area contributed by atoms with E-state index in [0.29, 0.717) is 11.4 Å². The predicted octanol–water partition coefficient (Wildman–Crippen LogP) is 2.70. The molecule has 1 aromatic carbocycles. The summed E-state index contributed by atoms with van der Waals surface area (Å²) in [6, 6.07) is 8.71. The van der Waals surface area contributed by atoms with Crippen molar-refractivity contribution >= 4 is 23.5 Å². The Balaban J connectivity index is 2.24. The molecule has 2 rings (SSSR count). The quantitative estimate of drug-likeness (QED) is 0.876. The van der Waals surface area contributed by atoms with Gasteiger partial charge in [0.25, 0.3) is 5.91 Å². The normalized spacial score (nSPS) is 10.1. The summed E-state index contributed by atoms with van der Waals surface area (Å²) in [5.41, 5.74) is 1.43. The van der Waals surface area contributed by atoms with Gasteiger partial charge in [-0.1, -0.05) is 29.8 Å². The predicted molar refractivity (Wildman–Crippen MR) is 72.7 cm³/mol. The second-order valence-corrected chi connectivity index (χ2v) is 4.21. The third-order valence-corrected chi connectivity index (χ3v) is 2.69. The summed E-state index contributed by atoms with van der Waals surface area (Å²) in [6.45, 7) is 1.86. The van der Waals surface area contributed by atoms with E-state index >= 15 is 0 Å². The lowest BCUT2D eigenvalue weighted by atomic mass is 10.1. The van der Waals surface area contributed by atoms with Gasteiger partial charge in [-0.25, -0.2) is 4.98 Å². The lowest BCUT2D eigenvalue weighted by Gasteiger charge is -2.07. The SMILES string of the molecule is COc1cc(Cl)nc(NC(=O)c2ccccc2C)n1. The molecule has 19 heavy (non-hydrogen) atoms. The first-order chi connectivity index (χ1) is 9.10. The van der Waals surface area contributed by atoms with Gasteiger partial charge in [-0.05, 0) is 18.6 Å². The molecule has 6 heteroatoms. The van der Waals surface area contributed by atoms with Crippen LogP contribution in [0.25, 0.3) is 0 Å². The molecule has 0 aliphatic heterocycles. The molecule has 0 aliphatic rings. The van der Waals surface area contributed by atoms with Crippen LogP contribution in [-0.4, -0.2) is 23.0 Å². The highest BCUT2D eigenvalue weighted by Gasteiger charge is 2.11. The van der Waals surface area contributed by atoms with Crippen LogP contribution in [0.5, 0.6) is 5.88 Å². The molecule has 1 N–H and O–H groups in total. The highest BCUT2D eigenvalue weighted by atomic mass is 35.5. The van der Waals surface area contributed by atoms with Crippen molar-refractivity contribution in [3.05, 3.63) is 46.6 Å². The molecule has 0 unspecified atom stereocenters. The zero-order chi connectivity index (χ0) is 13.8. The number of nitrogens with one attached hydrogen (secondary N) is 1. The highest BCUT2D eigenvalue weighted by Crippen LogP contribution is 2.16. The van der Waals surface area contributed by atoms with Gasteiger partial charge in [0.2, 0.25) is 11.8 Å². The average molecular weight is 278 g/mol. The number of halogens is 1. The summed E-state index contributed by atoms with van der Waals surface area (Å²) in [5, 5.41) is 2.79. The van der Waals surface area contributed by atoms with Gasteiger partial charge in [-0.3, -0.25) is 10.1 Å². The molecule has 1 amide bonds. The van der Waals surface area contributed by atoms with Gasteiger partial charge in [-0.15, -0.1) is 0 Å². The molecule has 1 heterocycles. The first-order valence-electron chi connectivity index (χ1n) is 5.55. The Bertz CT molecular complexity index is 617. The maximum Gasteiger partial charge on any atom is 0.258 e. The number of nitrogens with zero attached hydrogens (tertiary/aromatic N) is 2. The molecular formula is C13H12ClN3O2. The molecule has 1 aromatic heterocycles. The molecule has 0 spiro atoms. The molecule has 0 saturated carbocycles. The molecule has 5 nitrogen and oxygen atoms in total. The third-order valence-electron chi connectivity index (χ3n) is 2.50. The number of amides is 1. The molecule has 0 aliphatic carbocycles. The smallest absolute Gasteiger partial charge is 0.258 e. The van der Waals surface area contributed by atoms with Gasteiger partial charge in [0.15, 0.2) is 0 Å². The van der Waals surface area contributed by atoms with Gasteiger partial charge >= 0.3 is 0 Å². The van der Waals surface area contributed by atoms with Crippen LogP contribution in [0.3, 0.4) is 0 Å². The van der Waals surface area contributed by atoms with Crippen molar-refractivity contribution in [1.29, 1.82) is 0 Å². The molecule has 0 saturated heterocycles. The highest BCUT2D eigenvalue weighted by molar-refractivity contribution is 6.29. The summed E-state index contributed by atoms with van der Waals surface area (Å²) in [5.74, 6) is 0.111. The van der Waals surface area contributed by atoms with Gasteiger partial charge in [0.1, 0.15) is 5.15 Å². The number of ether oxygens (including phenoxy) is 1. The minimum Gasteiger partial charge on any atom is -0.481 e. The Labute approximate surface area is 115 Å². The Kier molecular flexibility index (Phi) is 3.97. The third kappa shape index (κ3) is 3.20. The van der Waals surface area contributed by atoms with E-state index in [2.05, 4.69) is 15.3 Å². The number of hydrogen-bond acceptors (Lipinski definition) is 4. The minimum atomic E-state index is -0.289. The van der Waals surface area contributed by atoms with E-state index < -0.39 is 0 Å². The zero-order valence-electron chi connectivity index (χ0n) is 10.5. The number of rotatable bonds is 3. The van der Waals surface area contributed by atoms with E-state index in [1.54, 1.807) is 12.1 Å². The van der Waals surface area contributed by atoms with Gasteiger partial charge in [0, 0.05) is 11.6 Å². The van der Waals surface area contributed by atoms with Crippen molar-refractivity contribution in [2.75, 3.05) is 12.4 Å². The number of hydrogen-bond donors (Lipinski definition) is 1. The Hall–Kier alpha value is -2.14. The number of methoxy groups -OCH3 is 1. The van der Waals surface area contributed by atoms with Crippen LogP contribution in [0.15, 0.2) is 30.3 Å². The Morgan fingerprint density at radius 1 is 1.32 bits per heavy atom. The number of benzene rings is 1. The van der Waals surface area contributed by atoms with Crippen LogP contribution in [0.2, 0.25) is 5.15 Å². The summed E-state index contributed by atoms with van der Waals surface area (Å²) in [4.78, 5) is 20.0. The maximum atomic E-state index is 12.1. The van der Waals surface area contributed by atoms with E-state index in [4.69, 9.17) is 16.3 Å². The van der Waals surface area contributed by atoms with Gasteiger partial charge in [0.05, 0.1) is 7.11 Å². The molecule has 0 bridgehead atoms. The first kappa shape index (κ1) is 13.3. The van der Waals surface area contributed by atoms with Crippen molar-refractivity contribution in [3.8, 4) is 5.88 Å². The molecule has 0 atom stereocenters. The van der Waals surface area contributed by atoms with Crippen molar-refractivity contribution in [3.63, 3.8) is 0 Å². The molecule has 0 fully saturated rings. The second kappa shape index (κ2) is 5.67. The average Bonchev–Trinajstić information content (AvgIpc) is 2.38. The summed E-state index contributed by atoms with van der Waals surface area (Å²) in [6.07, 6.45) is 0. The topological polar surface area (TPSA) is 64.1 Å². The van der Waals surface area contributed by atoms with Crippen molar-refractivity contribution in [2.24, 2.45) is 0 Å². The van der Waals surface area contributed by atoms with E-state index in [9.17, 15) is 4.79 Å². The monoisotopic (exact) mass is 277 g/mol. The van der Waals surface area contributed by atoms with Gasteiger partial charge in [-0.2, -0.15) is 4.98 Å². The zero-order valence-corrected chi connectivity index (χ0v) is 11.2. The molecule has 2 aromatic rings.